The molecule has 5 nitrogen and oxygen atoms in total. The van der Waals surface area contributed by atoms with Crippen molar-refractivity contribution in [2.24, 2.45) is 5.16 Å². The number of halogens is 4. The monoisotopic (exact) mass is 539 g/mol. The van der Waals surface area contributed by atoms with Crippen molar-refractivity contribution in [3.05, 3.63) is 98.5 Å². The Labute approximate surface area is 218 Å². The molecule has 0 fully saturated rings. The SMILES string of the molecule is ON=C(c1ccccc1)c1ccc(OCCCOc2c(Cl)cc(OCC=C(Cl)Cl)cc2Cl)cc1. The molecule has 0 bridgehead atoms. The highest BCUT2D eigenvalue weighted by molar-refractivity contribution is 6.55. The summed E-state index contributed by atoms with van der Waals surface area (Å²) in [6.07, 6.45) is 2.12. The zero-order valence-electron chi connectivity index (χ0n) is 17.9. The van der Waals surface area contributed by atoms with Crippen molar-refractivity contribution in [2.75, 3.05) is 19.8 Å². The standard InChI is InChI=1S/C25H21Cl4NO4/c26-21-15-20(33-14-11-23(28)29)16-22(27)25(21)34-13-4-12-32-19-9-7-18(8-10-19)24(30-31)17-5-2-1-3-6-17/h1-3,5-11,15-16,31H,4,12-14H2. The summed E-state index contributed by atoms with van der Waals surface area (Å²) in [5.41, 5.74) is 2.09. The number of ether oxygens (including phenoxy) is 3. The van der Waals surface area contributed by atoms with Gasteiger partial charge < -0.3 is 19.4 Å². The molecule has 0 aromatic heterocycles. The molecule has 3 aromatic rings. The van der Waals surface area contributed by atoms with Crippen LogP contribution in [0.3, 0.4) is 0 Å². The van der Waals surface area contributed by atoms with Crippen LogP contribution in [0.25, 0.3) is 0 Å². The van der Waals surface area contributed by atoms with Gasteiger partial charge in [-0.25, -0.2) is 0 Å². The Morgan fingerprint density at radius 1 is 0.794 bits per heavy atom. The summed E-state index contributed by atoms with van der Waals surface area (Å²) in [7, 11) is 0. The molecule has 0 aliphatic carbocycles. The van der Waals surface area contributed by atoms with E-state index in [9.17, 15) is 5.21 Å². The second-order valence-electron chi connectivity index (χ2n) is 6.91. The minimum atomic E-state index is 0.117. The molecule has 0 radical (unpaired) electrons. The quantitative estimate of drug-likeness (QED) is 0.117. The third-order valence-electron chi connectivity index (χ3n) is 4.54. The lowest BCUT2D eigenvalue weighted by Crippen LogP contribution is -2.06. The highest BCUT2D eigenvalue weighted by atomic mass is 35.5. The number of hydrogen-bond donors (Lipinski definition) is 1. The average Bonchev–Trinajstić information content (AvgIpc) is 2.82. The molecule has 9 heteroatoms. The lowest BCUT2D eigenvalue weighted by Gasteiger charge is -2.13. The Hall–Kier alpha value is -2.57. The van der Waals surface area contributed by atoms with Gasteiger partial charge in [-0.1, -0.05) is 81.9 Å². The van der Waals surface area contributed by atoms with E-state index in [1.54, 1.807) is 12.1 Å². The maximum absolute atomic E-state index is 9.41. The first-order valence-corrected chi connectivity index (χ1v) is 11.8. The van der Waals surface area contributed by atoms with E-state index in [1.165, 1.54) is 6.08 Å². The van der Waals surface area contributed by atoms with Gasteiger partial charge in [-0.15, -0.1) is 0 Å². The fourth-order valence-electron chi connectivity index (χ4n) is 2.97. The van der Waals surface area contributed by atoms with Crippen LogP contribution in [0.4, 0.5) is 0 Å². The number of oxime groups is 1. The first kappa shape index (κ1) is 26.0. The van der Waals surface area contributed by atoms with Gasteiger partial charge in [0.25, 0.3) is 0 Å². The van der Waals surface area contributed by atoms with Crippen molar-refractivity contribution < 1.29 is 19.4 Å². The Morgan fingerprint density at radius 3 is 2.03 bits per heavy atom. The molecule has 0 aliphatic rings. The Bertz CT molecular complexity index is 1110. The van der Waals surface area contributed by atoms with Crippen LogP contribution in [-0.4, -0.2) is 30.7 Å². The van der Waals surface area contributed by atoms with E-state index in [0.717, 1.165) is 11.1 Å². The van der Waals surface area contributed by atoms with Gasteiger partial charge in [0.05, 0.1) is 23.3 Å². The van der Waals surface area contributed by atoms with Crippen LogP contribution in [0.15, 0.2) is 82.5 Å². The number of nitrogens with zero attached hydrogens (tertiary/aromatic N) is 1. The topological polar surface area (TPSA) is 60.3 Å². The van der Waals surface area contributed by atoms with Gasteiger partial charge >= 0.3 is 0 Å². The van der Waals surface area contributed by atoms with Gasteiger partial charge in [-0.05, 0) is 30.3 Å². The molecule has 0 spiro atoms. The van der Waals surface area contributed by atoms with Crippen LogP contribution in [-0.2, 0) is 0 Å². The van der Waals surface area contributed by atoms with Crippen LogP contribution in [0.1, 0.15) is 17.5 Å². The van der Waals surface area contributed by atoms with Gasteiger partial charge in [0.15, 0.2) is 5.75 Å². The van der Waals surface area contributed by atoms with Crippen LogP contribution < -0.4 is 14.2 Å². The predicted molar refractivity (Wildman–Crippen MR) is 138 cm³/mol. The minimum Gasteiger partial charge on any atom is -0.493 e. The molecule has 0 aliphatic heterocycles. The van der Waals surface area contributed by atoms with Crippen LogP contribution in [0.5, 0.6) is 17.2 Å². The summed E-state index contributed by atoms with van der Waals surface area (Å²) in [6.45, 7) is 0.979. The predicted octanol–water partition coefficient (Wildman–Crippen LogP) is 7.77. The normalized spacial score (nSPS) is 11.1. The molecule has 0 amide bonds. The van der Waals surface area contributed by atoms with Crippen molar-refractivity contribution in [2.45, 2.75) is 6.42 Å². The lowest BCUT2D eigenvalue weighted by atomic mass is 10.0. The minimum absolute atomic E-state index is 0.117. The maximum atomic E-state index is 9.41. The number of rotatable bonds is 11. The zero-order chi connectivity index (χ0) is 24.3. The van der Waals surface area contributed by atoms with Crippen molar-refractivity contribution in [1.82, 2.24) is 0 Å². The average molecular weight is 541 g/mol. The first-order valence-electron chi connectivity index (χ1n) is 10.2. The number of hydrogen-bond acceptors (Lipinski definition) is 5. The molecule has 34 heavy (non-hydrogen) atoms. The third-order valence-corrected chi connectivity index (χ3v) is 5.41. The second kappa shape index (κ2) is 13.4. The molecular weight excluding hydrogens is 520 g/mol. The van der Waals surface area contributed by atoms with E-state index >= 15 is 0 Å². The van der Waals surface area contributed by atoms with E-state index in [2.05, 4.69) is 5.16 Å². The lowest BCUT2D eigenvalue weighted by molar-refractivity contribution is 0.247. The number of benzene rings is 3. The highest BCUT2D eigenvalue weighted by Crippen LogP contribution is 2.37. The third kappa shape index (κ3) is 7.74. The van der Waals surface area contributed by atoms with E-state index in [0.29, 0.717) is 52.6 Å². The van der Waals surface area contributed by atoms with Crippen molar-refractivity contribution in [1.29, 1.82) is 0 Å². The molecule has 3 aromatic carbocycles. The second-order valence-corrected chi connectivity index (χ2v) is 8.73. The van der Waals surface area contributed by atoms with E-state index in [1.807, 2.05) is 54.6 Å². The summed E-state index contributed by atoms with van der Waals surface area (Å²) in [5.74, 6) is 1.54. The summed E-state index contributed by atoms with van der Waals surface area (Å²) in [4.78, 5) is 0. The molecule has 0 unspecified atom stereocenters. The van der Waals surface area contributed by atoms with Gasteiger partial charge in [0, 0.05) is 29.7 Å². The fourth-order valence-corrected chi connectivity index (χ4v) is 3.67. The largest absolute Gasteiger partial charge is 0.493 e. The summed E-state index contributed by atoms with van der Waals surface area (Å²) in [5, 5.41) is 13.5. The molecule has 1 N–H and O–H groups in total. The van der Waals surface area contributed by atoms with Gasteiger partial charge in [-0.2, -0.15) is 0 Å². The van der Waals surface area contributed by atoms with Gasteiger partial charge in [0.1, 0.15) is 28.3 Å². The van der Waals surface area contributed by atoms with Crippen LogP contribution in [0, 0.1) is 0 Å². The zero-order valence-corrected chi connectivity index (χ0v) is 20.9. The molecular formula is C25H21Cl4NO4. The van der Waals surface area contributed by atoms with Crippen molar-refractivity contribution in [3.8, 4) is 17.2 Å². The van der Waals surface area contributed by atoms with E-state index < -0.39 is 0 Å². The Balaban J connectivity index is 1.46. The van der Waals surface area contributed by atoms with Gasteiger partial charge in [-0.3, -0.25) is 0 Å². The molecule has 3 rings (SSSR count). The molecule has 0 saturated heterocycles. The smallest absolute Gasteiger partial charge is 0.156 e. The Kier molecular flexibility index (Phi) is 10.2. The van der Waals surface area contributed by atoms with Crippen molar-refractivity contribution >= 4 is 52.1 Å². The first-order chi connectivity index (χ1) is 16.5. The summed E-state index contributed by atoms with van der Waals surface area (Å²) in [6, 6.07) is 20.0. The van der Waals surface area contributed by atoms with E-state index in [-0.39, 0.29) is 11.1 Å². The molecule has 0 saturated carbocycles. The summed E-state index contributed by atoms with van der Waals surface area (Å²) < 4.78 is 17.1. The fraction of sp³-hybridized carbons (Fsp3) is 0.160. The molecule has 178 valence electrons. The Morgan fingerprint density at radius 2 is 1.41 bits per heavy atom. The maximum Gasteiger partial charge on any atom is 0.156 e. The van der Waals surface area contributed by atoms with Crippen LogP contribution in [0.2, 0.25) is 10.0 Å². The molecule has 0 heterocycles. The molecule has 0 atom stereocenters. The van der Waals surface area contributed by atoms with Crippen molar-refractivity contribution in [3.63, 3.8) is 0 Å². The van der Waals surface area contributed by atoms with Gasteiger partial charge in [0.2, 0.25) is 0 Å². The highest BCUT2D eigenvalue weighted by Gasteiger charge is 2.11. The van der Waals surface area contributed by atoms with E-state index in [4.69, 9.17) is 60.6 Å². The summed E-state index contributed by atoms with van der Waals surface area (Å²) >= 11 is 23.6. The van der Waals surface area contributed by atoms with Crippen LogP contribution >= 0.6 is 46.4 Å².